The Bertz CT molecular complexity index is 907. The number of carbonyl (C=O) groups excluding carboxylic acids is 2. The average Bonchev–Trinajstić information content (AvgIpc) is 3.09. The second-order valence-corrected chi connectivity index (χ2v) is 17.1. The minimum Gasteiger partial charge on any atom is -0.756 e. The summed E-state index contributed by atoms with van der Waals surface area (Å²) in [5, 5.41) is 0. The number of quaternary nitrogens is 1. The molecule has 0 aliphatic rings. The van der Waals surface area contributed by atoms with E-state index in [0.717, 1.165) is 51.4 Å². The molecule has 9 nitrogen and oxygen atoms in total. The van der Waals surface area contributed by atoms with Crippen LogP contribution in [0.3, 0.4) is 0 Å². The number of ether oxygens (including phenoxy) is 2. The van der Waals surface area contributed by atoms with Gasteiger partial charge in [0.15, 0.2) is 6.10 Å². The van der Waals surface area contributed by atoms with Crippen molar-refractivity contribution in [1.29, 1.82) is 0 Å². The zero-order chi connectivity index (χ0) is 38.6. The number of phosphoric ester groups is 1. The van der Waals surface area contributed by atoms with Crippen LogP contribution in [0, 0.1) is 0 Å². The van der Waals surface area contributed by atoms with Crippen LogP contribution in [0.1, 0.15) is 194 Å². The smallest absolute Gasteiger partial charge is 0.306 e. The van der Waals surface area contributed by atoms with Gasteiger partial charge in [-0.05, 0) is 38.5 Å². The van der Waals surface area contributed by atoms with Crippen LogP contribution in [0.15, 0.2) is 12.2 Å². The quantitative estimate of drug-likeness (QED) is 0.0151. The van der Waals surface area contributed by atoms with Crippen molar-refractivity contribution in [3.05, 3.63) is 12.2 Å². The summed E-state index contributed by atoms with van der Waals surface area (Å²) in [7, 11) is 1.17. The van der Waals surface area contributed by atoms with Crippen molar-refractivity contribution in [2.24, 2.45) is 0 Å². The molecule has 0 saturated carbocycles. The van der Waals surface area contributed by atoms with Gasteiger partial charge in [0.1, 0.15) is 19.8 Å². The van der Waals surface area contributed by atoms with Crippen molar-refractivity contribution in [3.8, 4) is 0 Å². The van der Waals surface area contributed by atoms with Crippen molar-refractivity contribution in [2.45, 2.75) is 200 Å². The first-order chi connectivity index (χ1) is 25.0. The van der Waals surface area contributed by atoms with Gasteiger partial charge in [0.2, 0.25) is 0 Å². The van der Waals surface area contributed by atoms with Crippen LogP contribution in [0.5, 0.6) is 0 Å². The molecule has 0 radical (unpaired) electrons. The Hall–Kier alpha value is -1.25. The van der Waals surface area contributed by atoms with Crippen molar-refractivity contribution < 1.29 is 42.1 Å². The Morgan fingerprint density at radius 2 is 0.981 bits per heavy atom. The molecule has 0 heterocycles. The van der Waals surface area contributed by atoms with Gasteiger partial charge in [-0.15, -0.1) is 0 Å². The van der Waals surface area contributed by atoms with Gasteiger partial charge in [0.05, 0.1) is 27.7 Å². The first kappa shape index (κ1) is 50.8. The van der Waals surface area contributed by atoms with E-state index < -0.39 is 26.5 Å². The van der Waals surface area contributed by atoms with Crippen LogP contribution < -0.4 is 4.89 Å². The molecule has 308 valence electrons. The van der Waals surface area contributed by atoms with E-state index in [-0.39, 0.29) is 32.0 Å². The van der Waals surface area contributed by atoms with Crippen LogP contribution in [0.4, 0.5) is 0 Å². The maximum absolute atomic E-state index is 12.6. The number of hydrogen-bond acceptors (Lipinski definition) is 8. The van der Waals surface area contributed by atoms with Gasteiger partial charge in [-0.1, -0.05) is 154 Å². The van der Waals surface area contributed by atoms with Gasteiger partial charge in [-0.2, -0.15) is 0 Å². The molecule has 0 aliphatic carbocycles. The Morgan fingerprint density at radius 3 is 1.42 bits per heavy atom. The zero-order valence-corrected chi connectivity index (χ0v) is 35.4. The summed E-state index contributed by atoms with van der Waals surface area (Å²) in [6, 6.07) is 0. The van der Waals surface area contributed by atoms with Crippen LogP contribution in [0.25, 0.3) is 0 Å². The van der Waals surface area contributed by atoms with E-state index in [2.05, 4.69) is 26.0 Å². The second-order valence-electron chi connectivity index (χ2n) is 15.7. The topological polar surface area (TPSA) is 111 Å². The zero-order valence-electron chi connectivity index (χ0n) is 34.5. The lowest BCUT2D eigenvalue weighted by Gasteiger charge is -2.28. The van der Waals surface area contributed by atoms with Crippen LogP contribution in [0.2, 0.25) is 0 Å². The van der Waals surface area contributed by atoms with E-state index in [1.165, 1.54) is 109 Å². The van der Waals surface area contributed by atoms with Crippen molar-refractivity contribution in [1.82, 2.24) is 0 Å². The first-order valence-electron chi connectivity index (χ1n) is 21.4. The van der Waals surface area contributed by atoms with E-state index in [4.69, 9.17) is 18.5 Å². The molecule has 0 saturated heterocycles. The molecule has 2 atom stereocenters. The van der Waals surface area contributed by atoms with Gasteiger partial charge in [0.25, 0.3) is 7.82 Å². The van der Waals surface area contributed by atoms with Crippen LogP contribution in [-0.4, -0.2) is 70.0 Å². The lowest BCUT2D eigenvalue weighted by Crippen LogP contribution is -2.37. The van der Waals surface area contributed by atoms with Gasteiger partial charge in [0, 0.05) is 12.8 Å². The molecule has 52 heavy (non-hydrogen) atoms. The van der Waals surface area contributed by atoms with E-state index in [9.17, 15) is 19.0 Å². The fourth-order valence-corrected chi connectivity index (χ4v) is 6.61. The number of phosphoric acid groups is 1. The second kappa shape index (κ2) is 35.5. The highest BCUT2D eigenvalue weighted by Gasteiger charge is 2.21. The van der Waals surface area contributed by atoms with E-state index >= 15 is 0 Å². The molecule has 0 N–H and O–H groups in total. The number of rotatable bonds is 39. The highest BCUT2D eigenvalue weighted by Crippen LogP contribution is 2.38. The predicted molar refractivity (Wildman–Crippen MR) is 213 cm³/mol. The molecule has 1 unspecified atom stereocenters. The maximum atomic E-state index is 12.6. The summed E-state index contributed by atoms with van der Waals surface area (Å²) in [6.45, 7) is 4.22. The Kier molecular flexibility index (Phi) is 34.6. The molecule has 0 rings (SSSR count). The lowest BCUT2D eigenvalue weighted by atomic mass is 10.0. The van der Waals surface area contributed by atoms with Crippen molar-refractivity contribution in [2.75, 3.05) is 47.5 Å². The third-order valence-electron chi connectivity index (χ3n) is 9.29. The van der Waals surface area contributed by atoms with E-state index in [0.29, 0.717) is 17.4 Å². The normalized spacial score (nSPS) is 13.7. The number of nitrogens with zero attached hydrogens (tertiary/aromatic N) is 1. The fourth-order valence-electron chi connectivity index (χ4n) is 5.88. The van der Waals surface area contributed by atoms with Gasteiger partial charge in [-0.3, -0.25) is 14.2 Å². The number of esters is 2. The lowest BCUT2D eigenvalue weighted by molar-refractivity contribution is -0.870. The number of hydrogen-bond donors (Lipinski definition) is 0. The number of likely N-dealkylation sites (N-methyl/N-ethyl adjacent to an activating group) is 1. The Morgan fingerprint density at radius 1 is 0.577 bits per heavy atom. The summed E-state index contributed by atoms with van der Waals surface area (Å²) >= 11 is 0. The summed E-state index contributed by atoms with van der Waals surface area (Å²) in [4.78, 5) is 37.4. The number of unbranched alkanes of at least 4 members (excludes halogenated alkanes) is 23. The monoisotopic (exact) mass is 778 g/mol. The molecule has 0 bridgehead atoms. The highest BCUT2D eigenvalue weighted by atomic mass is 31.2. The standard InChI is InChI=1S/C42H82NO8P/c1-6-8-10-12-14-16-18-20-21-23-25-27-29-31-33-35-42(45)51-40(39-50-52(46,47)49-37-36-43(3,4)5)38-48-41(44)34-32-30-28-26-24-22-19-17-15-13-11-9-7-2/h20-21,40H,6-19,22-39H2,1-5H3/b21-20-/t40-/m1/s1/i1+1,6+1,8+1,10+1,12+1,14+1,16+1,18+1,20+1,21+1,23+1,25+1,27+1,29+1,31+1,33+1,35+1,42+1. The molecule has 0 spiro atoms. The van der Waals surface area contributed by atoms with Crippen molar-refractivity contribution in [3.63, 3.8) is 0 Å². The van der Waals surface area contributed by atoms with E-state index in [1.54, 1.807) is 0 Å². The Labute approximate surface area is 320 Å². The highest BCUT2D eigenvalue weighted by molar-refractivity contribution is 7.45. The molecule has 0 amide bonds. The SMILES string of the molecule is CCCCCCCCCCCCCCCC(=O)OC[C@H](COP(=O)([O-])OCC[N+](C)(C)C)O[13C](=O)[13CH2][13CH2][13CH2][13CH2][13CH2][13CH2][13CH2]/[13CH]=[13CH]\[13CH2][13CH2][13CH2][13CH2][13CH2][13CH2][13CH2][13CH3]. The maximum Gasteiger partial charge on any atom is 0.306 e. The summed E-state index contributed by atoms with van der Waals surface area (Å²) in [5.41, 5.74) is 0. The summed E-state index contributed by atoms with van der Waals surface area (Å²) in [5.74, 6) is -0.837. The summed E-state index contributed by atoms with van der Waals surface area (Å²) in [6.07, 6.45) is 35.1. The fraction of sp³-hybridized carbons (Fsp3) is 0.905. The largest absolute Gasteiger partial charge is 0.756 e. The Balaban J connectivity index is 4.37. The molecule has 0 fully saturated rings. The molecular weight excluding hydrogens is 695 g/mol. The molecule has 0 aromatic carbocycles. The van der Waals surface area contributed by atoms with Gasteiger partial charge >= 0.3 is 11.9 Å². The third kappa shape index (κ3) is 38.5. The van der Waals surface area contributed by atoms with Crippen molar-refractivity contribution >= 4 is 19.8 Å². The molecule has 0 aromatic rings. The minimum absolute atomic E-state index is 0.0294. The molecule has 0 aliphatic heterocycles. The number of allylic oxidation sites excluding steroid dienone is 2. The number of carbonyl (C=O) groups is 2. The minimum atomic E-state index is -4.62. The average molecular weight is 778 g/mol. The van der Waals surface area contributed by atoms with E-state index in [1.807, 2.05) is 21.1 Å². The van der Waals surface area contributed by atoms with Crippen LogP contribution in [-0.2, 0) is 32.7 Å². The molecular formula is C42H82NO8P. The molecule has 0 aromatic heterocycles. The van der Waals surface area contributed by atoms with Crippen LogP contribution >= 0.6 is 7.82 Å². The molecule has 10 heteroatoms. The predicted octanol–water partition coefficient (Wildman–Crippen LogP) is 11.2. The summed E-state index contributed by atoms with van der Waals surface area (Å²) < 4.78 is 33.8. The van der Waals surface area contributed by atoms with Gasteiger partial charge in [-0.25, -0.2) is 0 Å². The van der Waals surface area contributed by atoms with Gasteiger partial charge < -0.3 is 27.9 Å². The first-order valence-corrected chi connectivity index (χ1v) is 22.9. The third-order valence-corrected chi connectivity index (χ3v) is 10.2.